The number of allylic oxidation sites excluding steroid dienone is 1. The number of carbonyl (C=O) groups excluding carboxylic acids is 1. The van der Waals surface area contributed by atoms with E-state index < -0.39 is 0 Å². The van der Waals surface area contributed by atoms with Gasteiger partial charge in [-0.1, -0.05) is 30.0 Å². The molecule has 6 nitrogen and oxygen atoms in total. The number of fused-ring (bicyclic) bond motifs is 1. The molecule has 2 aliphatic rings. The number of nitrogens with one attached hydrogen (secondary N) is 1. The molecule has 29 heavy (non-hydrogen) atoms. The van der Waals surface area contributed by atoms with E-state index >= 15 is 0 Å². The standard InChI is InChI=1S/C23H26N2O4/c1-3-28-20-7-5-4-6-16(20)14-21-22(27)17-8-9-19(26)18(23(17)29-21)15-25-12-10-24(2)11-13-25/h4-9,14,26H,3,10-13,15H2,1-2H3/b21-14-. The Morgan fingerprint density at radius 1 is 1.21 bits per heavy atom. The van der Waals surface area contributed by atoms with E-state index in [9.17, 15) is 9.90 Å². The summed E-state index contributed by atoms with van der Waals surface area (Å²) in [4.78, 5) is 16.5. The molecular formula is C23H26N2O4. The summed E-state index contributed by atoms with van der Waals surface area (Å²) >= 11 is 0. The second kappa shape index (κ2) is 8.27. The number of hydrogen-bond donors (Lipinski definition) is 1. The SMILES string of the molecule is CCOc1ccccc1/C=C1\Oc2c(ccc([O-])c2C[NH+]2CCN(C)CC2)C1=O. The molecule has 6 heteroatoms. The molecule has 0 radical (unpaired) electrons. The summed E-state index contributed by atoms with van der Waals surface area (Å²) in [6.07, 6.45) is 1.70. The molecule has 0 aromatic heterocycles. The summed E-state index contributed by atoms with van der Waals surface area (Å²) in [5.41, 5.74) is 1.84. The molecule has 1 saturated heterocycles. The van der Waals surface area contributed by atoms with Gasteiger partial charge in [-0.25, -0.2) is 0 Å². The monoisotopic (exact) mass is 394 g/mol. The van der Waals surface area contributed by atoms with E-state index in [0.29, 0.717) is 35.8 Å². The van der Waals surface area contributed by atoms with Crippen LogP contribution in [-0.4, -0.2) is 50.5 Å². The second-order valence-corrected chi connectivity index (χ2v) is 7.56. The summed E-state index contributed by atoms with van der Waals surface area (Å²) in [7, 11) is 2.11. The first-order chi connectivity index (χ1) is 14.1. The molecule has 0 unspecified atom stereocenters. The number of quaternary nitrogens is 1. The van der Waals surface area contributed by atoms with Crippen LogP contribution in [0.2, 0.25) is 0 Å². The van der Waals surface area contributed by atoms with E-state index in [1.54, 1.807) is 12.1 Å². The smallest absolute Gasteiger partial charge is 0.231 e. The van der Waals surface area contributed by atoms with Crippen molar-refractivity contribution in [1.29, 1.82) is 0 Å². The van der Waals surface area contributed by atoms with Crippen LogP contribution in [-0.2, 0) is 6.54 Å². The molecule has 0 amide bonds. The van der Waals surface area contributed by atoms with Crippen LogP contribution in [0.3, 0.4) is 0 Å². The molecule has 0 spiro atoms. The molecule has 1 N–H and O–H groups in total. The summed E-state index contributed by atoms with van der Waals surface area (Å²) in [6, 6.07) is 10.6. The highest BCUT2D eigenvalue weighted by molar-refractivity contribution is 6.15. The summed E-state index contributed by atoms with van der Waals surface area (Å²) in [5, 5.41) is 12.6. The average Bonchev–Trinajstić information content (AvgIpc) is 3.03. The van der Waals surface area contributed by atoms with Crippen LogP contribution in [0.1, 0.15) is 28.4 Å². The molecule has 4 rings (SSSR count). The Morgan fingerprint density at radius 2 is 1.97 bits per heavy atom. The predicted molar refractivity (Wildman–Crippen MR) is 108 cm³/mol. The van der Waals surface area contributed by atoms with Gasteiger partial charge in [0.05, 0.1) is 25.3 Å². The molecular weight excluding hydrogens is 368 g/mol. The number of nitrogens with zero attached hydrogens (tertiary/aromatic N) is 1. The first-order valence-corrected chi connectivity index (χ1v) is 10.1. The Hall–Kier alpha value is -2.83. The molecule has 0 aliphatic carbocycles. The summed E-state index contributed by atoms with van der Waals surface area (Å²) in [5.74, 6) is 1.09. The average molecular weight is 394 g/mol. The van der Waals surface area contributed by atoms with Gasteiger partial charge in [-0.15, -0.1) is 0 Å². The van der Waals surface area contributed by atoms with Gasteiger partial charge in [0.15, 0.2) is 5.76 Å². The number of ketones is 1. The van der Waals surface area contributed by atoms with Crippen molar-refractivity contribution in [1.82, 2.24) is 4.90 Å². The fraction of sp³-hybridized carbons (Fsp3) is 0.348. The number of Topliss-reactive ketones (excluding diaryl/α,β-unsaturated/α-hetero) is 1. The zero-order valence-electron chi connectivity index (χ0n) is 16.9. The zero-order valence-corrected chi connectivity index (χ0v) is 16.9. The van der Waals surface area contributed by atoms with Crippen LogP contribution >= 0.6 is 0 Å². The Bertz CT molecular complexity index is 946. The van der Waals surface area contributed by atoms with Gasteiger partial charge in [0.25, 0.3) is 0 Å². The lowest BCUT2D eigenvalue weighted by molar-refractivity contribution is -0.918. The highest BCUT2D eigenvalue weighted by atomic mass is 16.5. The van der Waals surface area contributed by atoms with E-state index in [2.05, 4.69) is 11.9 Å². The van der Waals surface area contributed by atoms with Gasteiger partial charge in [-0.2, -0.15) is 0 Å². The first-order valence-electron chi connectivity index (χ1n) is 10.1. The molecule has 1 fully saturated rings. The molecule has 2 aromatic carbocycles. The van der Waals surface area contributed by atoms with Crippen molar-refractivity contribution in [3.05, 3.63) is 58.8 Å². The first kappa shape index (κ1) is 19.5. The lowest BCUT2D eigenvalue weighted by atomic mass is 10.0. The van der Waals surface area contributed by atoms with E-state index in [-0.39, 0.29) is 17.3 Å². The Balaban J connectivity index is 1.63. The lowest BCUT2D eigenvalue weighted by Gasteiger charge is -2.30. The van der Waals surface area contributed by atoms with E-state index in [4.69, 9.17) is 9.47 Å². The molecule has 0 atom stereocenters. The van der Waals surface area contributed by atoms with Gasteiger partial charge >= 0.3 is 0 Å². The Morgan fingerprint density at radius 3 is 2.72 bits per heavy atom. The number of ether oxygens (including phenoxy) is 2. The van der Waals surface area contributed by atoms with Gasteiger partial charge in [0, 0.05) is 24.2 Å². The molecule has 2 aliphatic heterocycles. The van der Waals surface area contributed by atoms with Gasteiger partial charge in [0.1, 0.15) is 18.0 Å². The maximum absolute atomic E-state index is 12.9. The number of hydrogen-bond acceptors (Lipinski definition) is 5. The number of likely N-dealkylation sites (N-methyl/N-ethyl adjacent to an activating group) is 1. The maximum Gasteiger partial charge on any atom is 0.231 e. The van der Waals surface area contributed by atoms with Gasteiger partial charge in [-0.3, -0.25) is 9.69 Å². The fourth-order valence-electron chi connectivity index (χ4n) is 3.85. The largest absolute Gasteiger partial charge is 0.872 e. The number of carbonyl (C=O) groups is 1. The van der Waals surface area contributed by atoms with E-state index in [1.165, 1.54) is 11.0 Å². The van der Waals surface area contributed by atoms with Crippen LogP contribution in [0.4, 0.5) is 0 Å². The molecule has 0 bridgehead atoms. The van der Waals surface area contributed by atoms with Crippen LogP contribution in [0, 0.1) is 0 Å². The Labute approximate surface area is 171 Å². The van der Waals surface area contributed by atoms with Crippen molar-refractivity contribution in [3.63, 3.8) is 0 Å². The third kappa shape index (κ3) is 3.99. The summed E-state index contributed by atoms with van der Waals surface area (Å²) in [6.45, 7) is 6.96. The minimum atomic E-state index is -0.194. The van der Waals surface area contributed by atoms with Crippen LogP contribution in [0.25, 0.3) is 6.08 Å². The normalized spacial score (nSPS) is 18.7. The van der Waals surface area contributed by atoms with E-state index in [0.717, 1.165) is 31.7 Å². The van der Waals surface area contributed by atoms with Crippen molar-refractivity contribution in [2.45, 2.75) is 13.5 Å². The van der Waals surface area contributed by atoms with Crippen molar-refractivity contribution in [3.8, 4) is 17.2 Å². The third-order valence-corrected chi connectivity index (χ3v) is 5.52. The van der Waals surface area contributed by atoms with Crippen LogP contribution < -0.4 is 19.5 Å². The number of rotatable bonds is 5. The minimum Gasteiger partial charge on any atom is -0.872 e. The zero-order chi connectivity index (χ0) is 20.4. The minimum absolute atomic E-state index is 0.0704. The van der Waals surface area contributed by atoms with Crippen molar-refractivity contribution in [2.75, 3.05) is 39.8 Å². The topological polar surface area (TPSA) is 66.3 Å². The lowest BCUT2D eigenvalue weighted by Crippen LogP contribution is -3.13. The van der Waals surface area contributed by atoms with Crippen LogP contribution in [0.5, 0.6) is 17.2 Å². The van der Waals surface area contributed by atoms with Gasteiger partial charge in [-0.05, 0) is 32.2 Å². The Kier molecular flexibility index (Phi) is 5.56. The predicted octanol–water partition coefficient (Wildman–Crippen LogP) is 1.11. The van der Waals surface area contributed by atoms with Crippen LogP contribution in [0.15, 0.2) is 42.2 Å². The van der Waals surface area contributed by atoms with Crippen molar-refractivity contribution in [2.24, 2.45) is 0 Å². The molecule has 152 valence electrons. The number of para-hydroxylation sites is 1. The quantitative estimate of drug-likeness (QED) is 0.770. The number of benzene rings is 2. The van der Waals surface area contributed by atoms with Crippen molar-refractivity contribution >= 4 is 11.9 Å². The van der Waals surface area contributed by atoms with Gasteiger partial charge in [0.2, 0.25) is 5.78 Å². The second-order valence-electron chi connectivity index (χ2n) is 7.56. The highest BCUT2D eigenvalue weighted by Crippen LogP contribution is 2.38. The van der Waals surface area contributed by atoms with Gasteiger partial charge < -0.3 is 19.5 Å². The number of piperazine rings is 1. The third-order valence-electron chi connectivity index (χ3n) is 5.52. The molecule has 2 heterocycles. The maximum atomic E-state index is 12.9. The van der Waals surface area contributed by atoms with E-state index in [1.807, 2.05) is 31.2 Å². The summed E-state index contributed by atoms with van der Waals surface area (Å²) < 4.78 is 11.6. The van der Waals surface area contributed by atoms with Crippen molar-refractivity contribution < 1.29 is 24.3 Å². The highest BCUT2D eigenvalue weighted by Gasteiger charge is 2.31. The molecule has 2 aromatic rings. The fourth-order valence-corrected chi connectivity index (χ4v) is 3.85. The molecule has 0 saturated carbocycles.